The lowest BCUT2D eigenvalue weighted by molar-refractivity contribution is -0.117. The zero-order valence-corrected chi connectivity index (χ0v) is 19.7. The molecule has 0 aliphatic rings. The Balaban J connectivity index is 1.58. The van der Waals surface area contributed by atoms with Gasteiger partial charge in [0.25, 0.3) is 0 Å². The molecule has 2 aromatic rings. The van der Waals surface area contributed by atoms with E-state index in [1.165, 1.54) is 70.6 Å². The maximum absolute atomic E-state index is 12.4. The molecule has 0 fully saturated rings. The number of aryl methyl sites for hydroxylation is 1. The van der Waals surface area contributed by atoms with Gasteiger partial charge >= 0.3 is 0 Å². The molecule has 0 atom stereocenters. The highest BCUT2D eigenvalue weighted by molar-refractivity contribution is 7.71. The second-order valence-corrected chi connectivity index (χ2v) is 8.80. The van der Waals surface area contributed by atoms with E-state index < -0.39 is 0 Å². The number of rotatable bonds is 15. The van der Waals surface area contributed by atoms with Crippen LogP contribution >= 0.6 is 12.2 Å². The fraction of sp³-hybridized carbons (Fsp3) is 0.640. The van der Waals surface area contributed by atoms with E-state index in [0.29, 0.717) is 16.7 Å². The molecule has 0 aliphatic heterocycles. The predicted octanol–water partition coefficient (Wildman–Crippen LogP) is 7.63. The minimum Gasteiger partial charge on any atom is -0.273 e. The van der Waals surface area contributed by atoms with E-state index >= 15 is 0 Å². The zero-order chi connectivity index (χ0) is 21.6. The van der Waals surface area contributed by atoms with Crippen LogP contribution in [0.1, 0.15) is 102 Å². The highest BCUT2D eigenvalue weighted by Gasteiger charge is 2.08. The summed E-state index contributed by atoms with van der Waals surface area (Å²) < 4.78 is 2.27. The molecule has 5 heteroatoms. The Morgan fingerprint density at radius 3 is 2.13 bits per heavy atom. The molecule has 0 radical (unpaired) electrons. The molecule has 0 aromatic carbocycles. The number of fused-ring (bicyclic) bond motifs is 1. The number of nitrogens with one attached hydrogen (secondary N) is 1. The Bertz CT molecular complexity index is 831. The molecule has 30 heavy (non-hydrogen) atoms. The fourth-order valence-electron chi connectivity index (χ4n) is 3.86. The zero-order valence-electron chi connectivity index (χ0n) is 18.9. The van der Waals surface area contributed by atoms with Crippen LogP contribution in [0.15, 0.2) is 24.4 Å². The summed E-state index contributed by atoms with van der Waals surface area (Å²) in [6.45, 7) is 4.23. The topological polar surface area (TPSA) is 46.9 Å². The lowest BCUT2D eigenvalue weighted by Crippen LogP contribution is -2.24. The van der Waals surface area contributed by atoms with E-state index in [-0.39, 0.29) is 5.91 Å². The van der Waals surface area contributed by atoms with E-state index in [4.69, 9.17) is 12.2 Å². The number of carbonyl (C=O) groups excluding carboxylic acids is 1. The van der Waals surface area contributed by atoms with Gasteiger partial charge in [-0.15, -0.1) is 0 Å². The summed E-state index contributed by atoms with van der Waals surface area (Å²) in [5.74, 6) is 0.00623. The first-order valence-corrected chi connectivity index (χ1v) is 12.3. The Hall–Kier alpha value is -1.75. The van der Waals surface area contributed by atoms with Crippen molar-refractivity contribution in [1.29, 1.82) is 0 Å². The van der Waals surface area contributed by atoms with E-state index in [1.807, 2.05) is 25.1 Å². The highest BCUT2D eigenvalue weighted by Crippen LogP contribution is 2.15. The first kappa shape index (κ1) is 24.5. The van der Waals surface area contributed by atoms with Crippen LogP contribution in [0.3, 0.4) is 0 Å². The average Bonchev–Trinajstić information content (AvgIpc) is 2.74. The summed E-state index contributed by atoms with van der Waals surface area (Å²) in [6.07, 6.45) is 19.2. The molecule has 0 aliphatic carbocycles. The van der Waals surface area contributed by atoms with Gasteiger partial charge in [-0.05, 0) is 37.1 Å². The molecule has 2 aromatic heterocycles. The van der Waals surface area contributed by atoms with E-state index in [0.717, 1.165) is 23.8 Å². The van der Waals surface area contributed by atoms with Gasteiger partial charge in [-0.3, -0.25) is 10.2 Å². The molecule has 1 N–H and O–H groups in total. The predicted molar refractivity (Wildman–Crippen MR) is 130 cm³/mol. The van der Waals surface area contributed by atoms with Crippen LogP contribution < -0.4 is 5.43 Å². The number of carbonyl (C=O) groups is 1. The lowest BCUT2D eigenvalue weighted by atomic mass is 10.0. The van der Waals surface area contributed by atoms with Gasteiger partial charge in [-0.1, -0.05) is 96.2 Å². The van der Waals surface area contributed by atoms with Crippen molar-refractivity contribution in [3.05, 3.63) is 34.6 Å². The molecule has 2 rings (SSSR count). The number of nitrogens with zero attached hydrogens (tertiary/aromatic N) is 2. The van der Waals surface area contributed by atoms with Crippen molar-refractivity contribution in [2.45, 2.75) is 104 Å². The Morgan fingerprint density at radius 2 is 1.53 bits per heavy atom. The monoisotopic (exact) mass is 429 g/mol. The van der Waals surface area contributed by atoms with Gasteiger partial charge in [0.1, 0.15) is 4.64 Å². The summed E-state index contributed by atoms with van der Waals surface area (Å²) in [7, 11) is 0. The Labute approximate surface area is 187 Å². The van der Waals surface area contributed by atoms with Crippen molar-refractivity contribution in [2.75, 3.05) is 5.43 Å². The lowest BCUT2D eigenvalue weighted by Gasteiger charge is -2.13. The Morgan fingerprint density at radius 1 is 0.967 bits per heavy atom. The largest absolute Gasteiger partial charge is 0.273 e. The molecule has 0 bridgehead atoms. The molecular formula is C25H39N3OS. The van der Waals surface area contributed by atoms with E-state index in [1.54, 1.807) is 10.9 Å². The standard InChI is InChI=1S/C25H39N3OS/c1-3-4-5-6-7-8-9-10-11-12-13-14-15-18-23(29)27-28-24-22(17-16-19-26-24)20-21(2)25(28)30/h16-17,19-20H,3-15,18H2,1-2H3,(H,27,29). The molecule has 2 heterocycles. The fourth-order valence-corrected chi connectivity index (χ4v) is 4.06. The van der Waals surface area contributed by atoms with Gasteiger partial charge in [0.05, 0.1) is 0 Å². The first-order chi connectivity index (χ1) is 14.6. The molecule has 0 saturated carbocycles. The smallest absolute Gasteiger partial charge is 0.238 e. The minimum atomic E-state index is 0.00623. The van der Waals surface area contributed by atoms with Crippen molar-refractivity contribution in [3.8, 4) is 0 Å². The van der Waals surface area contributed by atoms with E-state index in [9.17, 15) is 4.79 Å². The Kier molecular flexibility index (Phi) is 11.7. The van der Waals surface area contributed by atoms with Crippen molar-refractivity contribution >= 4 is 29.2 Å². The van der Waals surface area contributed by atoms with Gasteiger partial charge in [0.2, 0.25) is 5.91 Å². The quantitative estimate of drug-likeness (QED) is 0.234. The van der Waals surface area contributed by atoms with Gasteiger partial charge in [-0.25, -0.2) is 9.66 Å². The van der Waals surface area contributed by atoms with Crippen LogP contribution in [-0.2, 0) is 4.79 Å². The van der Waals surface area contributed by atoms with Gasteiger partial charge in [0.15, 0.2) is 5.65 Å². The summed E-state index contributed by atoms with van der Waals surface area (Å²) in [4.78, 5) is 16.8. The van der Waals surface area contributed by atoms with Crippen LogP contribution in [0, 0.1) is 11.6 Å². The third kappa shape index (κ3) is 8.55. The van der Waals surface area contributed by atoms with Gasteiger partial charge in [-0.2, -0.15) is 0 Å². The van der Waals surface area contributed by atoms with Crippen LogP contribution in [0.2, 0.25) is 0 Å². The molecule has 0 unspecified atom stereocenters. The van der Waals surface area contributed by atoms with Crippen LogP contribution in [-0.4, -0.2) is 15.6 Å². The maximum atomic E-state index is 12.4. The van der Waals surface area contributed by atoms with E-state index in [2.05, 4.69) is 17.3 Å². The minimum absolute atomic E-state index is 0.00623. The maximum Gasteiger partial charge on any atom is 0.238 e. The highest BCUT2D eigenvalue weighted by atomic mass is 32.1. The van der Waals surface area contributed by atoms with Crippen molar-refractivity contribution in [3.63, 3.8) is 0 Å². The van der Waals surface area contributed by atoms with Crippen molar-refractivity contribution in [1.82, 2.24) is 9.66 Å². The summed E-state index contributed by atoms with van der Waals surface area (Å²) in [5.41, 5.74) is 4.61. The second kappa shape index (κ2) is 14.3. The normalized spacial score (nSPS) is 11.1. The average molecular weight is 430 g/mol. The summed E-state index contributed by atoms with van der Waals surface area (Å²) in [5, 5.41) is 0.977. The van der Waals surface area contributed by atoms with Crippen LogP contribution in [0.4, 0.5) is 0 Å². The van der Waals surface area contributed by atoms with Crippen LogP contribution in [0.25, 0.3) is 11.0 Å². The van der Waals surface area contributed by atoms with Gasteiger partial charge in [0, 0.05) is 18.0 Å². The number of pyridine rings is 2. The summed E-state index contributed by atoms with van der Waals surface area (Å²) in [6, 6.07) is 5.89. The molecule has 0 spiro atoms. The molecule has 0 saturated heterocycles. The number of amides is 1. The molecular weight excluding hydrogens is 390 g/mol. The first-order valence-electron chi connectivity index (χ1n) is 11.9. The third-order valence-electron chi connectivity index (χ3n) is 5.69. The number of unbranched alkanes of at least 4 members (excludes halogenated alkanes) is 12. The number of aromatic nitrogens is 2. The molecule has 4 nitrogen and oxygen atoms in total. The van der Waals surface area contributed by atoms with Crippen molar-refractivity contribution in [2.24, 2.45) is 0 Å². The SMILES string of the molecule is CCCCCCCCCCCCCCCC(=O)Nn1c(=S)c(C)cc2cccnc21. The van der Waals surface area contributed by atoms with Crippen molar-refractivity contribution < 1.29 is 4.79 Å². The van der Waals surface area contributed by atoms with Crippen LogP contribution in [0.5, 0.6) is 0 Å². The van der Waals surface area contributed by atoms with Gasteiger partial charge < -0.3 is 0 Å². The number of hydrogen-bond donors (Lipinski definition) is 1. The third-order valence-corrected chi connectivity index (χ3v) is 6.19. The second-order valence-electron chi connectivity index (χ2n) is 8.41. The summed E-state index contributed by atoms with van der Waals surface area (Å²) >= 11 is 5.49. The molecule has 166 valence electrons. The number of hydrogen-bond acceptors (Lipinski definition) is 3. The molecule has 1 amide bonds.